The number of aromatic nitrogens is 1. The first-order valence-corrected chi connectivity index (χ1v) is 6.09. The number of rotatable bonds is 5. The van der Waals surface area contributed by atoms with E-state index in [2.05, 4.69) is 15.0 Å². The van der Waals surface area contributed by atoms with Gasteiger partial charge in [-0.2, -0.15) is 5.26 Å². The second-order valence-corrected chi connectivity index (χ2v) is 4.70. The molecular weight excluding hydrogens is 228 g/mol. The Hall–Kier alpha value is -1.49. The van der Waals surface area contributed by atoms with Crippen molar-refractivity contribution in [2.45, 2.75) is 4.90 Å². The van der Waals surface area contributed by atoms with Gasteiger partial charge in [0.05, 0.1) is 0 Å². The number of hydrogen-bond donors (Lipinski definition) is 2. The highest BCUT2D eigenvalue weighted by Crippen LogP contribution is 2.10. The van der Waals surface area contributed by atoms with Crippen LogP contribution in [0.25, 0.3) is 0 Å². The summed E-state index contributed by atoms with van der Waals surface area (Å²) < 4.78 is 25.9. The van der Waals surface area contributed by atoms with Gasteiger partial charge >= 0.3 is 0 Å². The van der Waals surface area contributed by atoms with E-state index in [1.807, 2.05) is 0 Å². The maximum absolute atomic E-state index is 11.8. The fraction of sp³-hybridized carbons (Fsp3) is 0.333. The molecule has 0 aliphatic rings. The minimum atomic E-state index is -3.65. The summed E-state index contributed by atoms with van der Waals surface area (Å²) in [5.74, 6) is 0. The third-order valence-electron chi connectivity index (χ3n) is 1.83. The van der Waals surface area contributed by atoms with E-state index in [0.29, 0.717) is 6.54 Å². The van der Waals surface area contributed by atoms with E-state index in [9.17, 15) is 8.42 Å². The fourth-order valence-corrected chi connectivity index (χ4v) is 2.22. The highest BCUT2D eigenvalue weighted by atomic mass is 32.2. The molecule has 1 heterocycles. The lowest BCUT2D eigenvalue weighted by atomic mass is 10.4. The van der Waals surface area contributed by atoms with Gasteiger partial charge in [-0.05, 0) is 19.2 Å². The van der Waals surface area contributed by atoms with Crippen molar-refractivity contribution >= 4 is 10.0 Å². The molecule has 1 aromatic heterocycles. The molecule has 0 unspecified atom stereocenters. The predicted molar refractivity (Wildman–Crippen MR) is 58.1 cm³/mol. The highest BCUT2D eigenvalue weighted by Gasteiger charge is 2.18. The number of nitrogens with zero attached hydrogens (tertiary/aromatic N) is 2. The largest absolute Gasteiger partial charge is 0.318 e. The molecule has 16 heavy (non-hydrogen) atoms. The lowest BCUT2D eigenvalue weighted by molar-refractivity contribution is 0.579. The van der Waals surface area contributed by atoms with E-state index in [-0.39, 0.29) is 17.1 Å². The van der Waals surface area contributed by atoms with Crippen molar-refractivity contribution in [3.05, 3.63) is 24.0 Å². The van der Waals surface area contributed by atoms with Gasteiger partial charge in [0.15, 0.2) is 5.69 Å². The Labute approximate surface area is 94.4 Å². The zero-order chi connectivity index (χ0) is 12.0. The molecule has 0 fully saturated rings. The first-order valence-electron chi connectivity index (χ1n) is 4.61. The molecule has 2 N–H and O–H groups in total. The predicted octanol–water partition coefficient (Wildman–Crippen LogP) is -0.549. The molecule has 0 aromatic carbocycles. The Balaban J connectivity index is 2.95. The van der Waals surface area contributed by atoms with Crippen molar-refractivity contribution in [3.63, 3.8) is 0 Å². The topological polar surface area (TPSA) is 94.9 Å². The Morgan fingerprint density at radius 2 is 2.25 bits per heavy atom. The van der Waals surface area contributed by atoms with Crippen LogP contribution in [0.4, 0.5) is 0 Å². The summed E-state index contributed by atoms with van der Waals surface area (Å²) in [6, 6.07) is 4.58. The van der Waals surface area contributed by atoms with E-state index >= 15 is 0 Å². The van der Waals surface area contributed by atoms with Crippen LogP contribution in [-0.2, 0) is 10.0 Å². The smallest absolute Gasteiger partial charge is 0.243 e. The molecule has 0 atom stereocenters. The molecule has 1 aromatic rings. The molecule has 0 saturated carbocycles. The molecule has 7 heteroatoms. The van der Waals surface area contributed by atoms with E-state index in [0.717, 1.165) is 0 Å². The number of pyridine rings is 1. The molecular formula is C9H12N4O2S. The second kappa shape index (κ2) is 5.55. The first kappa shape index (κ1) is 12.6. The lowest BCUT2D eigenvalue weighted by Gasteiger charge is -2.06. The normalized spacial score (nSPS) is 11.0. The van der Waals surface area contributed by atoms with Crippen LogP contribution in [0.2, 0.25) is 0 Å². The summed E-state index contributed by atoms with van der Waals surface area (Å²) in [7, 11) is -1.93. The maximum atomic E-state index is 11.8. The molecule has 6 nitrogen and oxygen atoms in total. The van der Waals surface area contributed by atoms with E-state index in [1.54, 1.807) is 13.1 Å². The molecule has 0 aliphatic carbocycles. The second-order valence-electron chi connectivity index (χ2n) is 2.96. The summed E-state index contributed by atoms with van der Waals surface area (Å²) in [5, 5.41) is 11.5. The van der Waals surface area contributed by atoms with Gasteiger partial charge in [0.1, 0.15) is 11.0 Å². The Kier molecular flexibility index (Phi) is 4.37. The van der Waals surface area contributed by atoms with Crippen molar-refractivity contribution in [2.75, 3.05) is 20.1 Å². The third kappa shape index (κ3) is 3.00. The van der Waals surface area contributed by atoms with Crippen LogP contribution in [0.1, 0.15) is 5.69 Å². The van der Waals surface area contributed by atoms with Crippen LogP contribution in [0.3, 0.4) is 0 Å². The van der Waals surface area contributed by atoms with Crippen molar-refractivity contribution in [2.24, 2.45) is 0 Å². The molecule has 0 bridgehead atoms. The number of likely N-dealkylation sites (N-methyl/N-ethyl adjacent to an activating group) is 1. The number of hydrogen-bond acceptors (Lipinski definition) is 5. The zero-order valence-corrected chi connectivity index (χ0v) is 9.58. The number of sulfonamides is 1. The van der Waals surface area contributed by atoms with Crippen LogP contribution in [0.15, 0.2) is 23.2 Å². The first-order chi connectivity index (χ1) is 7.61. The number of nitrogens with one attached hydrogen (secondary N) is 2. The molecule has 0 saturated heterocycles. The van der Waals surface area contributed by atoms with Crippen molar-refractivity contribution in [1.29, 1.82) is 5.26 Å². The van der Waals surface area contributed by atoms with Crippen LogP contribution in [0, 0.1) is 11.3 Å². The monoisotopic (exact) mass is 240 g/mol. The molecule has 0 amide bonds. The molecule has 86 valence electrons. The van der Waals surface area contributed by atoms with Gasteiger partial charge in [-0.3, -0.25) is 0 Å². The Morgan fingerprint density at radius 3 is 2.88 bits per heavy atom. The average Bonchev–Trinajstić information content (AvgIpc) is 2.29. The van der Waals surface area contributed by atoms with Crippen LogP contribution < -0.4 is 10.0 Å². The minimum Gasteiger partial charge on any atom is -0.318 e. The Bertz CT molecular complexity index is 492. The average molecular weight is 240 g/mol. The van der Waals surface area contributed by atoms with Gasteiger partial charge in [0.25, 0.3) is 0 Å². The van der Waals surface area contributed by atoms with E-state index in [4.69, 9.17) is 5.26 Å². The molecule has 0 radical (unpaired) electrons. The molecule has 0 aliphatic heterocycles. The SMILES string of the molecule is CNCCNS(=O)(=O)c1cccnc1C#N. The van der Waals surface area contributed by atoms with Gasteiger partial charge in [-0.1, -0.05) is 0 Å². The third-order valence-corrected chi connectivity index (χ3v) is 3.33. The van der Waals surface area contributed by atoms with Gasteiger partial charge in [-0.25, -0.2) is 18.1 Å². The van der Waals surface area contributed by atoms with Crippen molar-refractivity contribution < 1.29 is 8.42 Å². The van der Waals surface area contributed by atoms with Gasteiger partial charge < -0.3 is 5.32 Å². The molecule has 0 spiro atoms. The standard InChI is InChI=1S/C9H12N4O2S/c1-11-5-6-13-16(14,15)9-3-2-4-12-8(9)7-10/h2-4,11,13H,5-6H2,1H3. The summed E-state index contributed by atoms with van der Waals surface area (Å²) in [6.45, 7) is 0.778. The lowest BCUT2D eigenvalue weighted by Crippen LogP contribution is -2.31. The van der Waals surface area contributed by atoms with Gasteiger partial charge in [0.2, 0.25) is 10.0 Å². The van der Waals surface area contributed by atoms with E-state index < -0.39 is 10.0 Å². The van der Waals surface area contributed by atoms with Crippen LogP contribution >= 0.6 is 0 Å². The van der Waals surface area contributed by atoms with Crippen LogP contribution in [0.5, 0.6) is 0 Å². The van der Waals surface area contributed by atoms with Crippen molar-refractivity contribution in [3.8, 4) is 6.07 Å². The summed E-state index contributed by atoms with van der Waals surface area (Å²) in [5.41, 5.74) is -0.0977. The minimum absolute atomic E-state index is 0.0893. The summed E-state index contributed by atoms with van der Waals surface area (Å²) in [4.78, 5) is 3.61. The fourth-order valence-electron chi connectivity index (χ4n) is 1.08. The van der Waals surface area contributed by atoms with Crippen molar-refractivity contribution in [1.82, 2.24) is 15.0 Å². The number of nitriles is 1. The molecule has 1 rings (SSSR count). The van der Waals surface area contributed by atoms with Gasteiger partial charge in [-0.15, -0.1) is 0 Å². The highest BCUT2D eigenvalue weighted by molar-refractivity contribution is 7.89. The Morgan fingerprint density at radius 1 is 1.50 bits per heavy atom. The van der Waals surface area contributed by atoms with Gasteiger partial charge in [0, 0.05) is 19.3 Å². The maximum Gasteiger partial charge on any atom is 0.243 e. The summed E-state index contributed by atoms with van der Waals surface area (Å²) in [6.07, 6.45) is 1.38. The quantitative estimate of drug-likeness (QED) is 0.673. The summed E-state index contributed by atoms with van der Waals surface area (Å²) >= 11 is 0. The van der Waals surface area contributed by atoms with E-state index in [1.165, 1.54) is 18.3 Å². The van der Waals surface area contributed by atoms with Crippen LogP contribution in [-0.4, -0.2) is 33.5 Å². The zero-order valence-electron chi connectivity index (χ0n) is 8.77.